The van der Waals surface area contributed by atoms with E-state index >= 15 is 0 Å². The number of rotatable bonds is 7. The zero-order valence-corrected chi connectivity index (χ0v) is 18.5. The molecule has 0 aliphatic carbocycles. The topological polar surface area (TPSA) is 104 Å². The average Bonchev–Trinajstić information content (AvgIpc) is 3.24. The van der Waals surface area contributed by atoms with Crippen molar-refractivity contribution in [1.82, 2.24) is 13.9 Å². The van der Waals surface area contributed by atoms with Crippen LogP contribution in [0.25, 0.3) is 0 Å². The van der Waals surface area contributed by atoms with Gasteiger partial charge < -0.3 is 5.32 Å². The van der Waals surface area contributed by atoms with Crippen LogP contribution >= 0.6 is 0 Å². The molecule has 3 rings (SSSR count). The van der Waals surface area contributed by atoms with Gasteiger partial charge in [-0.3, -0.25) is 4.79 Å². The molecule has 8 nitrogen and oxygen atoms in total. The highest BCUT2D eigenvalue weighted by Gasteiger charge is 2.39. The molecule has 2 aromatic carbocycles. The molecule has 0 bridgehead atoms. The van der Waals surface area contributed by atoms with E-state index < -0.39 is 26.1 Å². The van der Waals surface area contributed by atoms with Crippen LogP contribution in [-0.2, 0) is 31.4 Å². The number of benzene rings is 2. The Morgan fingerprint density at radius 2 is 1.60 bits per heavy atom. The van der Waals surface area contributed by atoms with E-state index in [4.69, 9.17) is 0 Å². The quantitative estimate of drug-likeness (QED) is 0.685. The Morgan fingerprint density at radius 1 is 1.00 bits per heavy atom. The Hall–Kier alpha value is -2.27. The molecule has 1 amide bonds. The van der Waals surface area contributed by atoms with E-state index in [0.717, 1.165) is 9.87 Å². The molecule has 1 aliphatic rings. The molecule has 0 spiro atoms. The summed E-state index contributed by atoms with van der Waals surface area (Å²) in [7, 11) is -4.78. The van der Waals surface area contributed by atoms with Crippen molar-refractivity contribution >= 4 is 26.0 Å². The molecule has 1 aliphatic heterocycles. The minimum absolute atomic E-state index is 0.00465. The van der Waals surface area contributed by atoms with Crippen molar-refractivity contribution < 1.29 is 21.6 Å². The van der Waals surface area contributed by atoms with Gasteiger partial charge in [0.2, 0.25) is 26.0 Å². The highest BCUT2D eigenvalue weighted by Crippen LogP contribution is 2.27. The molecule has 1 unspecified atom stereocenters. The van der Waals surface area contributed by atoms with Gasteiger partial charge in [-0.2, -0.15) is 4.31 Å². The summed E-state index contributed by atoms with van der Waals surface area (Å²) in [4.78, 5) is 12.6. The number of nitrogens with zero attached hydrogens (tertiary/aromatic N) is 2. The van der Waals surface area contributed by atoms with Crippen LogP contribution in [0.4, 0.5) is 0 Å². The normalized spacial score (nSPS) is 17.9. The van der Waals surface area contributed by atoms with Crippen LogP contribution in [0.15, 0.2) is 64.4 Å². The Balaban J connectivity index is 1.77. The maximum absolute atomic E-state index is 13.1. The predicted molar refractivity (Wildman–Crippen MR) is 113 cm³/mol. The molecule has 1 heterocycles. The predicted octanol–water partition coefficient (Wildman–Crippen LogP) is 1.41. The Labute approximate surface area is 177 Å². The molecule has 1 atom stereocenters. The molecule has 0 aromatic heterocycles. The van der Waals surface area contributed by atoms with Gasteiger partial charge in [-0.15, -0.1) is 0 Å². The molecule has 0 radical (unpaired) electrons. The molecule has 10 heteroatoms. The van der Waals surface area contributed by atoms with E-state index in [1.807, 2.05) is 30.3 Å². The van der Waals surface area contributed by atoms with Crippen molar-refractivity contribution in [2.75, 3.05) is 20.6 Å². The second-order valence-corrected chi connectivity index (χ2v) is 11.3. The van der Waals surface area contributed by atoms with Gasteiger partial charge in [0.15, 0.2) is 0 Å². The average molecular weight is 452 g/mol. The van der Waals surface area contributed by atoms with E-state index in [-0.39, 0.29) is 22.2 Å². The first-order chi connectivity index (χ1) is 14.1. The SMILES string of the molecule is CN(C)S(=O)(=O)c1ccc(S(=O)(=O)N2CCCC2C(=O)NCc2ccccc2)cc1. The second kappa shape index (κ2) is 8.84. The third kappa shape index (κ3) is 4.56. The van der Waals surface area contributed by atoms with Crippen molar-refractivity contribution in [1.29, 1.82) is 0 Å². The lowest BCUT2D eigenvalue weighted by atomic mass is 10.2. The van der Waals surface area contributed by atoms with Gasteiger partial charge in [-0.1, -0.05) is 30.3 Å². The lowest BCUT2D eigenvalue weighted by Crippen LogP contribution is -2.45. The van der Waals surface area contributed by atoms with E-state index in [1.165, 1.54) is 42.7 Å². The van der Waals surface area contributed by atoms with Crippen LogP contribution in [0, 0.1) is 0 Å². The Kier molecular flexibility index (Phi) is 6.61. The summed E-state index contributed by atoms with van der Waals surface area (Å²) in [6, 6.07) is 13.7. The Bertz CT molecular complexity index is 1100. The number of amides is 1. The van der Waals surface area contributed by atoms with Crippen molar-refractivity contribution in [2.24, 2.45) is 0 Å². The third-order valence-electron chi connectivity index (χ3n) is 5.02. The first kappa shape index (κ1) is 22.4. The molecule has 30 heavy (non-hydrogen) atoms. The molecule has 162 valence electrons. The van der Waals surface area contributed by atoms with E-state index in [1.54, 1.807) is 0 Å². The minimum atomic E-state index is -3.93. The summed E-state index contributed by atoms with van der Waals surface area (Å²) in [5, 5.41) is 2.81. The maximum atomic E-state index is 13.1. The van der Waals surface area contributed by atoms with E-state index in [2.05, 4.69) is 5.32 Å². The summed E-state index contributed by atoms with van der Waals surface area (Å²) >= 11 is 0. The van der Waals surface area contributed by atoms with Gasteiger partial charge in [-0.05, 0) is 42.7 Å². The van der Waals surface area contributed by atoms with Gasteiger partial charge in [0.25, 0.3) is 0 Å². The van der Waals surface area contributed by atoms with Gasteiger partial charge >= 0.3 is 0 Å². The molecule has 0 saturated carbocycles. The van der Waals surface area contributed by atoms with Crippen LogP contribution in [0.3, 0.4) is 0 Å². The van der Waals surface area contributed by atoms with Gasteiger partial charge in [0.05, 0.1) is 9.79 Å². The van der Waals surface area contributed by atoms with Crippen LogP contribution in [0.5, 0.6) is 0 Å². The smallest absolute Gasteiger partial charge is 0.243 e. The van der Waals surface area contributed by atoms with E-state index in [9.17, 15) is 21.6 Å². The molecule has 1 fully saturated rings. The summed E-state index contributed by atoms with van der Waals surface area (Å²) in [5.74, 6) is -0.341. The summed E-state index contributed by atoms with van der Waals surface area (Å²) in [6.45, 7) is 0.560. The first-order valence-electron chi connectivity index (χ1n) is 9.50. The number of hydrogen-bond donors (Lipinski definition) is 1. The number of sulfonamides is 2. The number of carbonyl (C=O) groups excluding carboxylic acids is 1. The number of carbonyl (C=O) groups is 1. The molecule has 1 saturated heterocycles. The summed E-state index contributed by atoms with van der Waals surface area (Å²) < 4.78 is 52.9. The van der Waals surface area contributed by atoms with Gasteiger partial charge in [0.1, 0.15) is 6.04 Å². The number of hydrogen-bond acceptors (Lipinski definition) is 5. The standard InChI is InChI=1S/C20H25N3O5S2/c1-22(2)29(25,26)17-10-12-18(13-11-17)30(27,28)23-14-6-9-19(23)20(24)21-15-16-7-4-3-5-8-16/h3-5,7-8,10-13,19H,6,9,14-15H2,1-2H3,(H,21,24). The monoisotopic (exact) mass is 451 g/mol. The zero-order chi connectivity index (χ0) is 21.9. The summed E-state index contributed by atoms with van der Waals surface area (Å²) in [6.07, 6.45) is 1.02. The number of nitrogens with one attached hydrogen (secondary N) is 1. The Morgan fingerprint density at radius 3 is 2.20 bits per heavy atom. The van der Waals surface area contributed by atoms with Crippen LogP contribution in [0.2, 0.25) is 0 Å². The molecular formula is C20H25N3O5S2. The first-order valence-corrected chi connectivity index (χ1v) is 12.4. The van der Waals surface area contributed by atoms with Crippen LogP contribution in [0.1, 0.15) is 18.4 Å². The largest absolute Gasteiger partial charge is 0.351 e. The van der Waals surface area contributed by atoms with Crippen molar-refractivity contribution in [2.45, 2.75) is 35.2 Å². The van der Waals surface area contributed by atoms with Gasteiger partial charge in [-0.25, -0.2) is 21.1 Å². The molecule has 2 aromatic rings. The van der Waals surface area contributed by atoms with Crippen LogP contribution < -0.4 is 5.32 Å². The van der Waals surface area contributed by atoms with Gasteiger partial charge in [0, 0.05) is 27.2 Å². The minimum Gasteiger partial charge on any atom is -0.351 e. The van der Waals surface area contributed by atoms with Crippen molar-refractivity contribution in [3.8, 4) is 0 Å². The zero-order valence-electron chi connectivity index (χ0n) is 16.9. The summed E-state index contributed by atoms with van der Waals surface area (Å²) in [5.41, 5.74) is 0.927. The fraction of sp³-hybridized carbons (Fsp3) is 0.350. The highest BCUT2D eigenvalue weighted by atomic mass is 32.2. The highest BCUT2D eigenvalue weighted by molar-refractivity contribution is 7.89. The van der Waals surface area contributed by atoms with E-state index in [0.29, 0.717) is 19.4 Å². The fourth-order valence-corrected chi connectivity index (χ4v) is 5.88. The lowest BCUT2D eigenvalue weighted by Gasteiger charge is -2.23. The third-order valence-corrected chi connectivity index (χ3v) is 8.78. The second-order valence-electron chi connectivity index (χ2n) is 7.24. The van der Waals surface area contributed by atoms with Crippen molar-refractivity contribution in [3.05, 3.63) is 60.2 Å². The van der Waals surface area contributed by atoms with Crippen molar-refractivity contribution in [3.63, 3.8) is 0 Å². The lowest BCUT2D eigenvalue weighted by molar-refractivity contribution is -0.124. The maximum Gasteiger partial charge on any atom is 0.243 e. The van der Waals surface area contributed by atoms with Crippen LogP contribution in [-0.4, -0.2) is 58.0 Å². The molecule has 1 N–H and O–H groups in total. The fourth-order valence-electron chi connectivity index (χ4n) is 3.32. The molecular weight excluding hydrogens is 426 g/mol.